The Labute approximate surface area is 110 Å². The Bertz CT molecular complexity index is 294. The van der Waals surface area contributed by atoms with Crippen LogP contribution in [0, 0.1) is 11.3 Å². The number of methoxy groups -OCH3 is 1. The van der Waals surface area contributed by atoms with E-state index in [0.29, 0.717) is 5.41 Å². The van der Waals surface area contributed by atoms with Crippen LogP contribution in [-0.2, 0) is 9.53 Å². The average Bonchev–Trinajstić information content (AvgIpc) is 2.76. The number of nitrogens with one attached hydrogen (secondary N) is 2. The van der Waals surface area contributed by atoms with Gasteiger partial charge in [0, 0.05) is 26.1 Å². The van der Waals surface area contributed by atoms with Crippen molar-refractivity contribution in [2.75, 3.05) is 20.2 Å². The fourth-order valence-corrected chi connectivity index (χ4v) is 3.01. The minimum absolute atomic E-state index is 0.119. The highest BCUT2D eigenvalue weighted by atomic mass is 16.5. The van der Waals surface area contributed by atoms with E-state index < -0.39 is 0 Å². The van der Waals surface area contributed by atoms with Gasteiger partial charge in [0.2, 0.25) is 5.91 Å². The molecule has 0 aromatic carbocycles. The Morgan fingerprint density at radius 2 is 1.94 bits per heavy atom. The molecule has 1 heterocycles. The van der Waals surface area contributed by atoms with E-state index in [4.69, 9.17) is 4.74 Å². The predicted octanol–water partition coefficient (Wildman–Crippen LogP) is 1.31. The van der Waals surface area contributed by atoms with Gasteiger partial charge in [-0.3, -0.25) is 4.79 Å². The van der Waals surface area contributed by atoms with Crippen molar-refractivity contribution in [3.05, 3.63) is 0 Å². The largest absolute Gasteiger partial charge is 0.378 e. The number of carbonyl (C=O) groups excluding carboxylic acids is 1. The number of ether oxygens (including phenoxy) is 1. The molecule has 0 aromatic heterocycles. The fourth-order valence-electron chi connectivity index (χ4n) is 3.01. The van der Waals surface area contributed by atoms with Crippen molar-refractivity contribution in [1.29, 1.82) is 0 Å². The SMILES string of the molecule is COC1CNCC1NC(=O)C1CCC(C)(C)CC1. The molecule has 0 bridgehead atoms. The van der Waals surface area contributed by atoms with E-state index in [1.54, 1.807) is 7.11 Å². The van der Waals surface area contributed by atoms with E-state index >= 15 is 0 Å². The maximum Gasteiger partial charge on any atom is 0.223 e. The first-order chi connectivity index (χ1) is 8.52. The second-order valence-electron chi connectivity index (χ2n) is 6.49. The Kier molecular flexibility index (Phi) is 4.28. The second kappa shape index (κ2) is 5.57. The summed E-state index contributed by atoms with van der Waals surface area (Å²) in [4.78, 5) is 12.2. The van der Waals surface area contributed by atoms with Gasteiger partial charge in [0.05, 0.1) is 12.1 Å². The molecule has 1 saturated carbocycles. The molecule has 4 nitrogen and oxygen atoms in total. The molecule has 2 rings (SSSR count). The second-order valence-corrected chi connectivity index (χ2v) is 6.49. The summed E-state index contributed by atoms with van der Waals surface area (Å²) in [5.41, 5.74) is 0.417. The molecule has 1 saturated heterocycles. The van der Waals surface area contributed by atoms with Crippen LogP contribution in [0.4, 0.5) is 0 Å². The third kappa shape index (κ3) is 3.23. The van der Waals surface area contributed by atoms with Crippen LogP contribution in [0.25, 0.3) is 0 Å². The van der Waals surface area contributed by atoms with Crippen LogP contribution in [-0.4, -0.2) is 38.3 Å². The molecular formula is C14H26N2O2. The van der Waals surface area contributed by atoms with Crippen LogP contribution in [0.3, 0.4) is 0 Å². The Morgan fingerprint density at radius 3 is 2.56 bits per heavy atom. The molecular weight excluding hydrogens is 228 g/mol. The minimum Gasteiger partial charge on any atom is -0.378 e. The Morgan fingerprint density at radius 1 is 1.28 bits per heavy atom. The molecule has 0 aromatic rings. The van der Waals surface area contributed by atoms with Gasteiger partial charge in [-0.05, 0) is 31.1 Å². The molecule has 1 amide bonds. The van der Waals surface area contributed by atoms with Crippen LogP contribution in [0.5, 0.6) is 0 Å². The van der Waals surface area contributed by atoms with E-state index in [1.807, 2.05) is 0 Å². The Balaban J connectivity index is 1.82. The summed E-state index contributed by atoms with van der Waals surface area (Å²) >= 11 is 0. The molecule has 1 aliphatic carbocycles. The summed E-state index contributed by atoms with van der Waals surface area (Å²) in [6.45, 7) is 6.24. The lowest BCUT2D eigenvalue weighted by Crippen LogP contribution is -2.46. The molecule has 2 aliphatic rings. The maximum absolute atomic E-state index is 12.2. The molecule has 2 unspecified atom stereocenters. The van der Waals surface area contributed by atoms with Crippen molar-refractivity contribution in [3.8, 4) is 0 Å². The van der Waals surface area contributed by atoms with Crippen molar-refractivity contribution in [1.82, 2.24) is 10.6 Å². The van der Waals surface area contributed by atoms with Gasteiger partial charge < -0.3 is 15.4 Å². The Hall–Kier alpha value is -0.610. The molecule has 18 heavy (non-hydrogen) atoms. The highest BCUT2D eigenvalue weighted by molar-refractivity contribution is 5.79. The van der Waals surface area contributed by atoms with Crippen molar-refractivity contribution in [3.63, 3.8) is 0 Å². The first kappa shape index (κ1) is 13.8. The van der Waals surface area contributed by atoms with E-state index in [9.17, 15) is 4.79 Å². The molecule has 1 aliphatic heterocycles. The van der Waals surface area contributed by atoms with Gasteiger partial charge in [-0.25, -0.2) is 0 Å². The number of carbonyl (C=O) groups is 1. The monoisotopic (exact) mass is 254 g/mol. The van der Waals surface area contributed by atoms with E-state index in [2.05, 4.69) is 24.5 Å². The summed E-state index contributed by atoms with van der Waals surface area (Å²) in [6, 6.07) is 0.137. The first-order valence-corrected chi connectivity index (χ1v) is 7.06. The first-order valence-electron chi connectivity index (χ1n) is 7.06. The number of amides is 1. The van der Waals surface area contributed by atoms with Gasteiger partial charge in [0.25, 0.3) is 0 Å². The standard InChI is InChI=1S/C14H26N2O2/c1-14(2)6-4-10(5-7-14)13(17)16-11-8-15-9-12(11)18-3/h10-12,15H,4-9H2,1-3H3,(H,16,17). The van der Waals surface area contributed by atoms with Crippen LogP contribution < -0.4 is 10.6 Å². The van der Waals surface area contributed by atoms with Gasteiger partial charge in [-0.15, -0.1) is 0 Å². The van der Waals surface area contributed by atoms with Crippen molar-refractivity contribution < 1.29 is 9.53 Å². The van der Waals surface area contributed by atoms with Crippen LogP contribution >= 0.6 is 0 Å². The zero-order valence-corrected chi connectivity index (χ0v) is 11.8. The van der Waals surface area contributed by atoms with Gasteiger partial charge >= 0.3 is 0 Å². The summed E-state index contributed by atoms with van der Waals surface area (Å²) in [6.07, 6.45) is 4.48. The summed E-state index contributed by atoms with van der Waals surface area (Å²) in [5.74, 6) is 0.428. The summed E-state index contributed by atoms with van der Waals surface area (Å²) in [5, 5.41) is 6.41. The van der Waals surface area contributed by atoms with Crippen LogP contribution in [0.2, 0.25) is 0 Å². The average molecular weight is 254 g/mol. The summed E-state index contributed by atoms with van der Waals surface area (Å²) in [7, 11) is 1.71. The number of rotatable bonds is 3. The normalized spacial score (nSPS) is 32.4. The molecule has 104 valence electrons. The van der Waals surface area contributed by atoms with Gasteiger partial charge in [0.1, 0.15) is 0 Å². The highest BCUT2D eigenvalue weighted by Crippen LogP contribution is 2.38. The topological polar surface area (TPSA) is 50.4 Å². The van der Waals surface area contributed by atoms with Gasteiger partial charge in [-0.1, -0.05) is 13.8 Å². The van der Waals surface area contributed by atoms with Crippen molar-refractivity contribution >= 4 is 5.91 Å². The molecule has 0 radical (unpaired) electrons. The molecule has 2 atom stereocenters. The molecule has 2 N–H and O–H groups in total. The van der Waals surface area contributed by atoms with Crippen LogP contribution in [0.15, 0.2) is 0 Å². The number of hydrogen-bond donors (Lipinski definition) is 2. The lowest BCUT2D eigenvalue weighted by molar-refractivity contribution is -0.128. The molecule has 4 heteroatoms. The van der Waals surface area contributed by atoms with E-state index in [-0.39, 0.29) is 24.0 Å². The van der Waals surface area contributed by atoms with Crippen molar-refractivity contribution in [2.24, 2.45) is 11.3 Å². The molecule has 2 fully saturated rings. The van der Waals surface area contributed by atoms with Gasteiger partial charge in [-0.2, -0.15) is 0 Å². The lowest BCUT2D eigenvalue weighted by Gasteiger charge is -2.34. The smallest absolute Gasteiger partial charge is 0.223 e. The highest BCUT2D eigenvalue weighted by Gasteiger charge is 2.34. The van der Waals surface area contributed by atoms with E-state index in [0.717, 1.165) is 38.8 Å². The predicted molar refractivity (Wildman–Crippen MR) is 71.3 cm³/mol. The quantitative estimate of drug-likeness (QED) is 0.798. The maximum atomic E-state index is 12.2. The number of hydrogen-bond acceptors (Lipinski definition) is 3. The zero-order chi connectivity index (χ0) is 13.2. The van der Waals surface area contributed by atoms with Gasteiger partial charge in [0.15, 0.2) is 0 Å². The third-order valence-corrected chi connectivity index (χ3v) is 4.50. The van der Waals surface area contributed by atoms with Crippen molar-refractivity contribution in [2.45, 2.75) is 51.7 Å². The summed E-state index contributed by atoms with van der Waals surface area (Å²) < 4.78 is 5.37. The minimum atomic E-state index is 0.119. The van der Waals surface area contributed by atoms with Crippen LogP contribution in [0.1, 0.15) is 39.5 Å². The lowest BCUT2D eigenvalue weighted by atomic mass is 9.73. The third-order valence-electron chi connectivity index (χ3n) is 4.50. The fraction of sp³-hybridized carbons (Fsp3) is 0.929. The molecule has 0 spiro atoms. The van der Waals surface area contributed by atoms with E-state index in [1.165, 1.54) is 0 Å². The zero-order valence-electron chi connectivity index (χ0n) is 11.8.